The third-order valence-corrected chi connectivity index (χ3v) is 2.85. The van der Waals surface area contributed by atoms with Crippen LogP contribution in [0.3, 0.4) is 0 Å². The molecule has 3 rings (SSSR count). The van der Waals surface area contributed by atoms with Gasteiger partial charge in [0.15, 0.2) is 11.5 Å². The van der Waals surface area contributed by atoms with Gasteiger partial charge in [0.25, 0.3) is 0 Å². The highest BCUT2D eigenvalue weighted by Crippen LogP contribution is 2.18. The van der Waals surface area contributed by atoms with Crippen molar-refractivity contribution in [1.29, 1.82) is 5.26 Å². The second-order valence-electron chi connectivity index (χ2n) is 4.19. The maximum Gasteiger partial charge on any atom is 0.224 e. The molecule has 0 bridgehead atoms. The Hall–Kier alpha value is -3.14. The maximum atomic E-state index is 8.75. The van der Waals surface area contributed by atoms with Crippen molar-refractivity contribution in [2.24, 2.45) is 0 Å². The van der Waals surface area contributed by atoms with Crippen LogP contribution in [0.5, 0.6) is 0 Å². The van der Waals surface area contributed by atoms with Crippen LogP contribution in [0.15, 0.2) is 30.6 Å². The van der Waals surface area contributed by atoms with Gasteiger partial charge in [-0.05, 0) is 17.7 Å². The fourth-order valence-corrected chi connectivity index (χ4v) is 1.86. The molecule has 0 atom stereocenters. The molecule has 0 aliphatic rings. The molecule has 0 fully saturated rings. The van der Waals surface area contributed by atoms with E-state index in [-0.39, 0.29) is 5.95 Å². The Balaban J connectivity index is 1.82. The fourth-order valence-electron chi connectivity index (χ4n) is 1.86. The Morgan fingerprint density at radius 2 is 2.05 bits per heavy atom. The van der Waals surface area contributed by atoms with E-state index in [9.17, 15) is 0 Å². The Morgan fingerprint density at radius 1 is 1.25 bits per heavy atom. The third kappa shape index (κ3) is 2.22. The maximum absolute atomic E-state index is 8.75. The highest BCUT2D eigenvalue weighted by molar-refractivity contribution is 5.83. The monoisotopic (exact) mass is 265 g/mol. The number of hydrogen-bond acceptors (Lipinski definition) is 6. The minimum atomic E-state index is 0.173. The van der Waals surface area contributed by atoms with Gasteiger partial charge in [-0.3, -0.25) is 0 Å². The Labute approximate surface area is 114 Å². The first-order valence-electron chi connectivity index (χ1n) is 5.96. The summed E-state index contributed by atoms with van der Waals surface area (Å²) in [5.74, 6) is 0.779. The van der Waals surface area contributed by atoms with Gasteiger partial charge < -0.3 is 16.0 Å². The summed E-state index contributed by atoms with van der Waals surface area (Å²) in [6, 6.07) is 9.41. The van der Waals surface area contributed by atoms with E-state index < -0.39 is 0 Å². The van der Waals surface area contributed by atoms with E-state index >= 15 is 0 Å². The molecule has 7 heteroatoms. The summed E-state index contributed by atoms with van der Waals surface area (Å²) in [5, 5.41) is 11.9. The molecular weight excluding hydrogens is 254 g/mol. The number of nitrogens with one attached hydrogen (secondary N) is 2. The number of anilines is 2. The van der Waals surface area contributed by atoms with E-state index in [1.165, 1.54) is 0 Å². The largest absolute Gasteiger partial charge is 0.368 e. The van der Waals surface area contributed by atoms with Crippen LogP contribution >= 0.6 is 0 Å². The molecule has 0 saturated heterocycles. The molecule has 1 aromatic carbocycles. The summed E-state index contributed by atoms with van der Waals surface area (Å²) in [5.41, 5.74) is 8.55. The molecule has 3 aromatic rings. The zero-order valence-corrected chi connectivity index (χ0v) is 10.5. The smallest absolute Gasteiger partial charge is 0.224 e. The number of imidazole rings is 1. The molecule has 0 radical (unpaired) electrons. The van der Waals surface area contributed by atoms with Gasteiger partial charge >= 0.3 is 0 Å². The summed E-state index contributed by atoms with van der Waals surface area (Å²) < 4.78 is 0. The number of nitrogens with two attached hydrogens (primary N) is 1. The van der Waals surface area contributed by atoms with Crippen molar-refractivity contribution in [3.63, 3.8) is 0 Å². The topological polar surface area (TPSA) is 116 Å². The lowest BCUT2D eigenvalue weighted by atomic mass is 10.1. The Kier molecular flexibility index (Phi) is 2.89. The molecule has 0 aliphatic carbocycles. The van der Waals surface area contributed by atoms with Crippen LogP contribution in [0.25, 0.3) is 11.2 Å². The molecule has 0 spiro atoms. The van der Waals surface area contributed by atoms with Gasteiger partial charge in [0.05, 0.1) is 18.0 Å². The van der Waals surface area contributed by atoms with Crippen LogP contribution in [0.1, 0.15) is 11.1 Å². The van der Waals surface area contributed by atoms with Crippen molar-refractivity contribution in [2.75, 3.05) is 11.1 Å². The van der Waals surface area contributed by atoms with Crippen molar-refractivity contribution in [3.8, 4) is 6.07 Å². The van der Waals surface area contributed by atoms with Crippen LogP contribution in [-0.2, 0) is 6.54 Å². The second-order valence-corrected chi connectivity index (χ2v) is 4.19. The molecular formula is C13H11N7. The van der Waals surface area contributed by atoms with Gasteiger partial charge in [0.2, 0.25) is 5.95 Å². The van der Waals surface area contributed by atoms with E-state index in [1.54, 1.807) is 18.5 Å². The van der Waals surface area contributed by atoms with Gasteiger partial charge in [-0.1, -0.05) is 12.1 Å². The van der Waals surface area contributed by atoms with E-state index in [0.29, 0.717) is 29.1 Å². The Morgan fingerprint density at radius 3 is 2.80 bits per heavy atom. The molecule has 0 aliphatic heterocycles. The zero-order chi connectivity index (χ0) is 13.9. The first-order valence-corrected chi connectivity index (χ1v) is 5.96. The number of rotatable bonds is 3. The summed E-state index contributed by atoms with van der Waals surface area (Å²) in [6.07, 6.45) is 1.55. The SMILES string of the molecule is N#Cc1ccc(CNc2nc(N)nc3nc[nH]c23)cc1. The second kappa shape index (κ2) is 4.85. The van der Waals surface area contributed by atoms with Crippen LogP contribution in [0.4, 0.5) is 11.8 Å². The highest BCUT2D eigenvalue weighted by Gasteiger charge is 2.07. The van der Waals surface area contributed by atoms with E-state index in [4.69, 9.17) is 11.0 Å². The average molecular weight is 265 g/mol. The van der Waals surface area contributed by atoms with Crippen molar-refractivity contribution in [3.05, 3.63) is 41.7 Å². The number of fused-ring (bicyclic) bond motifs is 1. The molecule has 0 saturated carbocycles. The van der Waals surface area contributed by atoms with Gasteiger partial charge in [0, 0.05) is 6.54 Å². The first-order chi connectivity index (χ1) is 9.76. The highest BCUT2D eigenvalue weighted by atomic mass is 15.1. The van der Waals surface area contributed by atoms with E-state index in [1.807, 2.05) is 12.1 Å². The van der Waals surface area contributed by atoms with Crippen molar-refractivity contribution in [1.82, 2.24) is 19.9 Å². The number of nitrogen functional groups attached to an aromatic ring is 1. The standard InChI is InChI=1S/C13H11N7/c14-5-8-1-3-9(4-2-8)6-16-11-10-12(18-7-17-10)20-13(15)19-11/h1-4,7H,6H2,(H4,15,16,17,18,19,20). The molecule has 2 aromatic heterocycles. The molecule has 0 amide bonds. The lowest BCUT2D eigenvalue weighted by molar-refractivity contribution is 1.10. The van der Waals surface area contributed by atoms with Crippen molar-refractivity contribution < 1.29 is 0 Å². The fraction of sp³-hybridized carbons (Fsp3) is 0.0769. The summed E-state index contributed by atoms with van der Waals surface area (Å²) in [4.78, 5) is 15.2. The van der Waals surface area contributed by atoms with E-state index in [2.05, 4.69) is 31.3 Å². The number of nitrogens with zero attached hydrogens (tertiary/aromatic N) is 4. The third-order valence-electron chi connectivity index (χ3n) is 2.85. The normalized spacial score (nSPS) is 10.3. The number of benzene rings is 1. The van der Waals surface area contributed by atoms with Gasteiger partial charge in [-0.2, -0.15) is 15.2 Å². The van der Waals surface area contributed by atoms with Crippen LogP contribution in [0.2, 0.25) is 0 Å². The van der Waals surface area contributed by atoms with Gasteiger partial charge in [0.1, 0.15) is 5.52 Å². The number of H-pyrrole nitrogens is 1. The van der Waals surface area contributed by atoms with Crippen molar-refractivity contribution >= 4 is 22.9 Å². The number of aromatic amines is 1. The molecule has 4 N–H and O–H groups in total. The first kappa shape index (κ1) is 11.9. The lowest BCUT2D eigenvalue weighted by Gasteiger charge is -2.07. The number of aromatic nitrogens is 4. The van der Waals surface area contributed by atoms with Crippen molar-refractivity contribution in [2.45, 2.75) is 6.54 Å². The summed E-state index contributed by atoms with van der Waals surface area (Å²) in [7, 11) is 0. The quantitative estimate of drug-likeness (QED) is 0.659. The van der Waals surface area contributed by atoms with Crippen LogP contribution in [-0.4, -0.2) is 19.9 Å². The molecule has 20 heavy (non-hydrogen) atoms. The minimum Gasteiger partial charge on any atom is -0.368 e. The number of hydrogen-bond donors (Lipinski definition) is 3. The molecule has 98 valence electrons. The predicted molar refractivity (Wildman–Crippen MR) is 74.6 cm³/mol. The summed E-state index contributed by atoms with van der Waals surface area (Å²) in [6.45, 7) is 0.566. The predicted octanol–water partition coefficient (Wildman–Crippen LogP) is 1.42. The van der Waals surface area contributed by atoms with E-state index in [0.717, 1.165) is 5.56 Å². The summed E-state index contributed by atoms with van der Waals surface area (Å²) >= 11 is 0. The molecule has 7 nitrogen and oxygen atoms in total. The van der Waals surface area contributed by atoms with Crippen LogP contribution in [0, 0.1) is 11.3 Å². The average Bonchev–Trinajstić information content (AvgIpc) is 2.93. The minimum absolute atomic E-state index is 0.173. The number of nitriles is 1. The zero-order valence-electron chi connectivity index (χ0n) is 10.5. The molecule has 2 heterocycles. The lowest BCUT2D eigenvalue weighted by Crippen LogP contribution is -2.05. The van der Waals surface area contributed by atoms with Gasteiger partial charge in [-0.25, -0.2) is 4.98 Å². The van der Waals surface area contributed by atoms with Crippen LogP contribution < -0.4 is 11.1 Å². The molecule has 0 unspecified atom stereocenters. The van der Waals surface area contributed by atoms with Gasteiger partial charge in [-0.15, -0.1) is 0 Å². The Bertz CT molecular complexity index is 783.